The number of pyridine rings is 2. The molecule has 0 spiro atoms. The van der Waals surface area contributed by atoms with E-state index >= 15 is 0 Å². The Morgan fingerprint density at radius 2 is 1.83 bits per heavy atom. The average Bonchev–Trinajstić information content (AvgIpc) is 2.67. The maximum Gasteiger partial charge on any atom is 0.417 e. The molecule has 0 saturated carbocycles. The zero-order valence-electron chi connectivity index (χ0n) is 17.1. The third-order valence-electron chi connectivity index (χ3n) is 4.77. The summed E-state index contributed by atoms with van der Waals surface area (Å²) in [4.78, 5) is 34.4. The molecule has 30 heavy (non-hydrogen) atoms. The topological polar surface area (TPSA) is 101 Å². The Kier molecular flexibility index (Phi) is 7.01. The number of amides is 2. The van der Waals surface area contributed by atoms with Gasteiger partial charge >= 0.3 is 18.0 Å². The van der Waals surface area contributed by atoms with Gasteiger partial charge in [-0.15, -0.1) is 0 Å². The molecule has 2 aromatic heterocycles. The number of carbonyl (C=O) groups excluding carboxylic acids is 2. The van der Waals surface area contributed by atoms with E-state index in [-0.39, 0.29) is 24.2 Å². The van der Waals surface area contributed by atoms with E-state index in [4.69, 9.17) is 5.73 Å². The minimum absolute atomic E-state index is 0.00312. The van der Waals surface area contributed by atoms with Crippen LogP contribution in [0.25, 0.3) is 0 Å². The average molecular weight is 423 g/mol. The molecule has 2 rings (SSSR count). The van der Waals surface area contributed by atoms with Crippen LogP contribution in [-0.4, -0.2) is 32.7 Å². The highest BCUT2D eigenvalue weighted by Gasteiger charge is 2.32. The predicted octanol–water partition coefficient (Wildman–Crippen LogP) is 3.40. The number of alkyl halides is 3. The van der Waals surface area contributed by atoms with Crippen LogP contribution >= 0.6 is 0 Å². The quantitative estimate of drug-likeness (QED) is 0.718. The van der Waals surface area contributed by atoms with Crippen molar-refractivity contribution in [3.63, 3.8) is 0 Å². The number of nitrogens with zero attached hydrogens (tertiary/aromatic N) is 3. The molecule has 162 valence electrons. The van der Waals surface area contributed by atoms with E-state index in [1.165, 1.54) is 17.2 Å². The maximum absolute atomic E-state index is 12.8. The van der Waals surface area contributed by atoms with E-state index in [0.29, 0.717) is 23.3 Å². The normalized spacial score (nSPS) is 12.5. The highest BCUT2D eigenvalue weighted by atomic mass is 19.4. The highest BCUT2D eigenvalue weighted by Crippen LogP contribution is 2.28. The molecule has 0 aromatic carbocycles. The van der Waals surface area contributed by atoms with Crippen LogP contribution in [0.5, 0.6) is 0 Å². The van der Waals surface area contributed by atoms with E-state index in [0.717, 1.165) is 6.07 Å². The van der Waals surface area contributed by atoms with E-state index in [9.17, 15) is 22.8 Å². The Hall–Kier alpha value is -3.17. The number of anilines is 2. The first kappa shape index (κ1) is 23.1. The van der Waals surface area contributed by atoms with E-state index < -0.39 is 23.6 Å². The van der Waals surface area contributed by atoms with Gasteiger partial charge in [0.05, 0.1) is 29.7 Å². The second kappa shape index (κ2) is 9.10. The summed E-state index contributed by atoms with van der Waals surface area (Å²) in [5.74, 6) is -1.41. The number of halogens is 3. The van der Waals surface area contributed by atoms with Crippen molar-refractivity contribution >= 4 is 23.3 Å². The minimum atomic E-state index is -4.50. The fourth-order valence-corrected chi connectivity index (χ4v) is 2.59. The van der Waals surface area contributed by atoms with Crippen LogP contribution in [0.3, 0.4) is 0 Å². The van der Waals surface area contributed by atoms with Gasteiger partial charge in [0.25, 0.3) is 0 Å². The Labute approximate surface area is 172 Å². The SMILES string of the molecule is Cc1cc(NC(=O)C(=O)N(Cc2ccc(C(F)(F)F)cn2)C(C)C(C)C)cnc1N. The van der Waals surface area contributed by atoms with Crippen molar-refractivity contribution in [1.82, 2.24) is 14.9 Å². The lowest BCUT2D eigenvalue weighted by atomic mass is 10.0. The fraction of sp³-hybridized carbons (Fsp3) is 0.400. The van der Waals surface area contributed by atoms with Gasteiger partial charge in [0.1, 0.15) is 5.82 Å². The molecule has 0 fully saturated rings. The van der Waals surface area contributed by atoms with Crippen LogP contribution < -0.4 is 11.1 Å². The highest BCUT2D eigenvalue weighted by molar-refractivity contribution is 6.39. The van der Waals surface area contributed by atoms with Crippen molar-refractivity contribution in [2.75, 3.05) is 11.1 Å². The molecule has 0 radical (unpaired) electrons. The zero-order valence-corrected chi connectivity index (χ0v) is 17.1. The summed E-state index contributed by atoms with van der Waals surface area (Å²) in [6.45, 7) is 7.10. The molecule has 0 aliphatic rings. The number of hydrogen-bond acceptors (Lipinski definition) is 5. The van der Waals surface area contributed by atoms with E-state index in [1.807, 2.05) is 13.8 Å². The van der Waals surface area contributed by atoms with Crippen LogP contribution in [0.1, 0.15) is 37.6 Å². The second-order valence-corrected chi connectivity index (χ2v) is 7.33. The van der Waals surface area contributed by atoms with Gasteiger partial charge in [0.2, 0.25) is 0 Å². The first-order valence-electron chi connectivity index (χ1n) is 9.26. The fourth-order valence-electron chi connectivity index (χ4n) is 2.59. The van der Waals surface area contributed by atoms with Gasteiger partial charge in [0.15, 0.2) is 0 Å². The number of nitrogens with two attached hydrogens (primary N) is 1. The predicted molar refractivity (Wildman–Crippen MR) is 106 cm³/mol. The Morgan fingerprint density at radius 3 is 2.33 bits per heavy atom. The molecule has 1 atom stereocenters. The van der Waals surface area contributed by atoms with Gasteiger partial charge < -0.3 is 16.0 Å². The van der Waals surface area contributed by atoms with Crippen LogP contribution in [0.2, 0.25) is 0 Å². The van der Waals surface area contributed by atoms with E-state index in [1.54, 1.807) is 19.9 Å². The van der Waals surface area contributed by atoms with Crippen LogP contribution in [0.4, 0.5) is 24.7 Å². The molecule has 7 nitrogen and oxygen atoms in total. The summed E-state index contributed by atoms with van der Waals surface area (Å²) in [5.41, 5.74) is 5.95. The summed E-state index contributed by atoms with van der Waals surface area (Å²) >= 11 is 0. The van der Waals surface area contributed by atoms with Crippen molar-refractivity contribution in [1.29, 1.82) is 0 Å². The number of aryl methyl sites for hydroxylation is 1. The number of rotatable bonds is 5. The second-order valence-electron chi connectivity index (χ2n) is 7.33. The molecule has 2 heterocycles. The largest absolute Gasteiger partial charge is 0.417 e. The molecule has 3 N–H and O–H groups in total. The van der Waals surface area contributed by atoms with Crippen molar-refractivity contribution < 1.29 is 22.8 Å². The lowest BCUT2D eigenvalue weighted by molar-refractivity contribution is -0.145. The van der Waals surface area contributed by atoms with Crippen molar-refractivity contribution in [2.45, 2.75) is 46.5 Å². The van der Waals surface area contributed by atoms with E-state index in [2.05, 4.69) is 15.3 Å². The number of carbonyl (C=O) groups is 2. The molecular formula is C20H24F3N5O2. The van der Waals surface area contributed by atoms with Gasteiger partial charge in [-0.3, -0.25) is 14.6 Å². The third kappa shape index (κ3) is 5.68. The van der Waals surface area contributed by atoms with Crippen molar-refractivity contribution in [3.8, 4) is 0 Å². The summed E-state index contributed by atoms with van der Waals surface area (Å²) in [6.07, 6.45) is -2.46. The summed E-state index contributed by atoms with van der Waals surface area (Å²) in [6, 6.07) is 3.31. The summed E-state index contributed by atoms with van der Waals surface area (Å²) in [5, 5.41) is 2.48. The molecule has 1 unspecified atom stereocenters. The van der Waals surface area contributed by atoms with Crippen molar-refractivity contribution in [3.05, 3.63) is 47.4 Å². The maximum atomic E-state index is 12.8. The van der Waals surface area contributed by atoms with Crippen LogP contribution in [0, 0.1) is 12.8 Å². The number of nitrogens with one attached hydrogen (secondary N) is 1. The molecule has 0 bridgehead atoms. The number of aromatic nitrogens is 2. The monoisotopic (exact) mass is 423 g/mol. The first-order valence-corrected chi connectivity index (χ1v) is 9.26. The summed E-state index contributed by atoms with van der Waals surface area (Å²) < 4.78 is 38.2. The molecule has 0 saturated heterocycles. The lowest BCUT2D eigenvalue weighted by Gasteiger charge is -2.31. The van der Waals surface area contributed by atoms with Crippen LogP contribution in [0.15, 0.2) is 30.6 Å². The third-order valence-corrected chi connectivity index (χ3v) is 4.77. The molecule has 10 heteroatoms. The first-order chi connectivity index (χ1) is 13.9. The molecule has 2 aromatic rings. The van der Waals surface area contributed by atoms with Gasteiger partial charge in [-0.1, -0.05) is 13.8 Å². The number of hydrogen-bond donors (Lipinski definition) is 2. The lowest BCUT2D eigenvalue weighted by Crippen LogP contribution is -2.46. The molecule has 2 amide bonds. The number of nitrogen functional groups attached to an aromatic ring is 1. The van der Waals surface area contributed by atoms with Gasteiger partial charge in [-0.2, -0.15) is 13.2 Å². The smallest absolute Gasteiger partial charge is 0.383 e. The Morgan fingerprint density at radius 1 is 1.17 bits per heavy atom. The van der Waals surface area contributed by atoms with Gasteiger partial charge in [-0.25, -0.2) is 4.98 Å². The zero-order chi connectivity index (χ0) is 22.6. The molecule has 0 aliphatic carbocycles. The minimum Gasteiger partial charge on any atom is -0.383 e. The Balaban J connectivity index is 2.21. The summed E-state index contributed by atoms with van der Waals surface area (Å²) in [7, 11) is 0. The van der Waals surface area contributed by atoms with Gasteiger partial charge in [0, 0.05) is 12.2 Å². The van der Waals surface area contributed by atoms with Gasteiger partial charge in [-0.05, 0) is 43.5 Å². The standard InChI is InChI=1S/C20H24F3N5O2/c1-11(2)13(4)28(10-15-6-5-14(8-25-15)20(21,22)23)19(30)18(29)27-16-7-12(3)17(24)26-9-16/h5-9,11,13H,10H2,1-4H3,(H2,24,26)(H,27,29). The van der Waals surface area contributed by atoms with Crippen LogP contribution in [-0.2, 0) is 22.3 Å². The molecular weight excluding hydrogens is 399 g/mol. The van der Waals surface area contributed by atoms with Crippen molar-refractivity contribution in [2.24, 2.45) is 5.92 Å². The Bertz CT molecular complexity index is 914. The molecule has 0 aliphatic heterocycles.